The first kappa shape index (κ1) is 14.2. The summed E-state index contributed by atoms with van der Waals surface area (Å²) in [6.45, 7) is 2.05. The van der Waals surface area contributed by atoms with E-state index in [1.807, 2.05) is 19.1 Å². The maximum atomic E-state index is 13.6. The van der Waals surface area contributed by atoms with Crippen LogP contribution < -0.4 is 0 Å². The molecular formula is C16H13F2N3O. The quantitative estimate of drug-likeness (QED) is 0.647. The second kappa shape index (κ2) is 5.55. The van der Waals surface area contributed by atoms with Gasteiger partial charge >= 0.3 is 0 Å². The van der Waals surface area contributed by atoms with Crippen LogP contribution in [0, 0.1) is 11.6 Å². The fourth-order valence-corrected chi connectivity index (χ4v) is 2.20. The molecule has 0 aliphatic rings. The highest BCUT2D eigenvalue weighted by Gasteiger charge is 2.15. The maximum absolute atomic E-state index is 13.6. The Labute approximate surface area is 125 Å². The normalized spacial score (nSPS) is 11.6. The number of hydrogen-bond acceptors (Lipinski definition) is 3. The van der Waals surface area contributed by atoms with Gasteiger partial charge in [0.15, 0.2) is 5.69 Å². The Morgan fingerprint density at radius 3 is 2.50 bits per heavy atom. The zero-order valence-electron chi connectivity index (χ0n) is 11.8. The summed E-state index contributed by atoms with van der Waals surface area (Å²) in [4.78, 5) is 2.44. The van der Waals surface area contributed by atoms with Gasteiger partial charge in [-0.05, 0) is 30.2 Å². The number of rotatable bonds is 3. The van der Waals surface area contributed by atoms with Crippen molar-refractivity contribution < 1.29 is 13.9 Å². The lowest BCUT2D eigenvalue weighted by Crippen LogP contribution is -1.80. The van der Waals surface area contributed by atoms with Crippen LogP contribution in [-0.2, 0) is 6.42 Å². The molecule has 1 aromatic heterocycles. The van der Waals surface area contributed by atoms with E-state index in [0.717, 1.165) is 24.1 Å². The zero-order chi connectivity index (χ0) is 15.7. The molecule has 0 amide bonds. The van der Waals surface area contributed by atoms with Crippen LogP contribution in [0.5, 0.6) is 5.88 Å². The number of fused-ring (bicyclic) bond motifs is 1. The predicted molar refractivity (Wildman–Crippen MR) is 79.9 cm³/mol. The van der Waals surface area contributed by atoms with Crippen molar-refractivity contribution in [3.8, 4) is 5.88 Å². The first-order valence-corrected chi connectivity index (χ1v) is 6.79. The SMILES string of the molecule is CCc1ccc(N=Nc2c(O)[nH]c3c(F)cc(F)cc23)cc1. The van der Waals surface area contributed by atoms with Crippen LogP contribution in [0.25, 0.3) is 10.9 Å². The number of aromatic amines is 1. The van der Waals surface area contributed by atoms with E-state index in [1.165, 1.54) is 0 Å². The van der Waals surface area contributed by atoms with E-state index < -0.39 is 11.6 Å². The van der Waals surface area contributed by atoms with Crippen LogP contribution in [0.15, 0.2) is 46.6 Å². The summed E-state index contributed by atoms with van der Waals surface area (Å²) in [5.41, 5.74) is 1.75. The van der Waals surface area contributed by atoms with Crippen molar-refractivity contribution in [1.29, 1.82) is 0 Å². The number of H-pyrrole nitrogens is 1. The average molecular weight is 301 g/mol. The van der Waals surface area contributed by atoms with Crippen molar-refractivity contribution in [2.45, 2.75) is 13.3 Å². The third kappa shape index (κ3) is 2.55. The third-order valence-corrected chi connectivity index (χ3v) is 3.39. The first-order chi connectivity index (χ1) is 10.6. The van der Waals surface area contributed by atoms with Gasteiger partial charge in [0.05, 0.1) is 11.2 Å². The van der Waals surface area contributed by atoms with E-state index in [-0.39, 0.29) is 22.5 Å². The summed E-state index contributed by atoms with van der Waals surface area (Å²) in [5.74, 6) is -1.89. The lowest BCUT2D eigenvalue weighted by molar-refractivity contribution is 0.459. The number of aromatic nitrogens is 1. The molecule has 22 heavy (non-hydrogen) atoms. The highest BCUT2D eigenvalue weighted by atomic mass is 19.1. The van der Waals surface area contributed by atoms with Crippen LogP contribution in [0.3, 0.4) is 0 Å². The van der Waals surface area contributed by atoms with Gasteiger partial charge in [-0.3, -0.25) is 0 Å². The Kier molecular flexibility index (Phi) is 3.58. The van der Waals surface area contributed by atoms with Gasteiger partial charge in [0.1, 0.15) is 11.6 Å². The fraction of sp³-hybridized carbons (Fsp3) is 0.125. The lowest BCUT2D eigenvalue weighted by atomic mass is 10.2. The Morgan fingerprint density at radius 2 is 1.82 bits per heavy atom. The fourth-order valence-electron chi connectivity index (χ4n) is 2.20. The molecule has 0 bridgehead atoms. The van der Waals surface area contributed by atoms with Gasteiger partial charge in [0.2, 0.25) is 5.88 Å². The van der Waals surface area contributed by atoms with Gasteiger partial charge in [-0.1, -0.05) is 19.1 Å². The highest BCUT2D eigenvalue weighted by Crippen LogP contribution is 2.37. The molecule has 0 fully saturated rings. The number of halogens is 2. The topological polar surface area (TPSA) is 60.7 Å². The van der Waals surface area contributed by atoms with E-state index in [1.54, 1.807) is 12.1 Å². The van der Waals surface area contributed by atoms with Crippen LogP contribution in [0.1, 0.15) is 12.5 Å². The molecule has 0 unspecified atom stereocenters. The molecule has 112 valence electrons. The van der Waals surface area contributed by atoms with E-state index in [2.05, 4.69) is 15.2 Å². The number of benzene rings is 2. The predicted octanol–water partition coefficient (Wildman–Crippen LogP) is 5.13. The van der Waals surface area contributed by atoms with E-state index in [9.17, 15) is 13.9 Å². The molecule has 0 saturated heterocycles. The minimum Gasteiger partial charge on any atom is -0.493 e. The van der Waals surface area contributed by atoms with E-state index in [0.29, 0.717) is 5.69 Å². The standard InChI is InChI=1S/C16H13F2N3O/c1-2-9-3-5-11(6-4-9)20-21-15-12-7-10(17)8-13(18)14(12)19-16(15)22/h3-8,19,22H,2H2,1H3. The highest BCUT2D eigenvalue weighted by molar-refractivity contribution is 5.94. The molecule has 6 heteroatoms. The minimum atomic E-state index is -0.793. The molecule has 4 nitrogen and oxygen atoms in total. The number of aromatic hydroxyl groups is 1. The number of aryl methyl sites for hydroxylation is 1. The van der Waals surface area contributed by atoms with Crippen molar-refractivity contribution in [2.24, 2.45) is 10.2 Å². The Balaban J connectivity index is 2.02. The van der Waals surface area contributed by atoms with E-state index in [4.69, 9.17) is 0 Å². The summed E-state index contributed by atoms with van der Waals surface area (Å²) in [6, 6.07) is 9.25. The Bertz CT molecular complexity index is 854. The Morgan fingerprint density at radius 1 is 1.09 bits per heavy atom. The van der Waals surface area contributed by atoms with Crippen molar-refractivity contribution in [1.82, 2.24) is 4.98 Å². The summed E-state index contributed by atoms with van der Waals surface area (Å²) >= 11 is 0. The van der Waals surface area contributed by atoms with Crippen molar-refractivity contribution >= 4 is 22.3 Å². The maximum Gasteiger partial charge on any atom is 0.218 e. The molecule has 0 saturated carbocycles. The number of nitrogens with one attached hydrogen (secondary N) is 1. The second-order valence-corrected chi connectivity index (χ2v) is 4.85. The van der Waals surface area contributed by atoms with Crippen molar-refractivity contribution in [3.63, 3.8) is 0 Å². The first-order valence-electron chi connectivity index (χ1n) is 6.79. The zero-order valence-corrected chi connectivity index (χ0v) is 11.8. The smallest absolute Gasteiger partial charge is 0.218 e. The number of azo groups is 1. The van der Waals surface area contributed by atoms with Crippen molar-refractivity contribution in [3.05, 3.63) is 53.6 Å². The van der Waals surface area contributed by atoms with Gasteiger partial charge in [-0.25, -0.2) is 8.78 Å². The average Bonchev–Trinajstić information content (AvgIpc) is 2.82. The van der Waals surface area contributed by atoms with Crippen LogP contribution in [0.4, 0.5) is 20.2 Å². The molecular weight excluding hydrogens is 288 g/mol. The van der Waals surface area contributed by atoms with Gasteiger partial charge in [-0.2, -0.15) is 5.11 Å². The van der Waals surface area contributed by atoms with Crippen LogP contribution in [-0.4, -0.2) is 10.1 Å². The largest absolute Gasteiger partial charge is 0.493 e. The molecule has 0 aliphatic carbocycles. The van der Waals surface area contributed by atoms with Gasteiger partial charge in [0.25, 0.3) is 0 Å². The number of hydrogen-bond donors (Lipinski definition) is 2. The van der Waals surface area contributed by atoms with Crippen LogP contribution in [0.2, 0.25) is 0 Å². The Hall–Kier alpha value is -2.76. The van der Waals surface area contributed by atoms with Crippen molar-refractivity contribution in [2.75, 3.05) is 0 Å². The van der Waals surface area contributed by atoms with Crippen LogP contribution >= 0.6 is 0 Å². The third-order valence-electron chi connectivity index (χ3n) is 3.39. The summed E-state index contributed by atoms with van der Waals surface area (Å²) in [5, 5.41) is 17.9. The monoisotopic (exact) mass is 301 g/mol. The molecule has 0 radical (unpaired) electrons. The van der Waals surface area contributed by atoms with Gasteiger partial charge in [0, 0.05) is 11.5 Å². The second-order valence-electron chi connectivity index (χ2n) is 4.85. The molecule has 3 aromatic rings. The number of nitrogens with zero attached hydrogens (tertiary/aromatic N) is 2. The minimum absolute atomic E-state index is 0.00539. The summed E-state index contributed by atoms with van der Waals surface area (Å²) < 4.78 is 27.0. The molecule has 2 N–H and O–H groups in total. The molecule has 0 spiro atoms. The van der Waals surface area contributed by atoms with E-state index >= 15 is 0 Å². The molecule has 0 aliphatic heterocycles. The van der Waals surface area contributed by atoms with Gasteiger partial charge < -0.3 is 10.1 Å². The lowest BCUT2D eigenvalue weighted by Gasteiger charge is -1.97. The van der Waals surface area contributed by atoms with Gasteiger partial charge in [-0.15, -0.1) is 5.11 Å². The molecule has 1 heterocycles. The summed E-state index contributed by atoms with van der Waals surface area (Å²) in [7, 11) is 0. The summed E-state index contributed by atoms with van der Waals surface area (Å²) in [6.07, 6.45) is 0.916. The molecule has 0 atom stereocenters. The molecule has 2 aromatic carbocycles. The molecule has 3 rings (SSSR count).